The van der Waals surface area contributed by atoms with Crippen LogP contribution in [0.15, 0.2) is 24.4 Å². The van der Waals surface area contributed by atoms with Gasteiger partial charge in [0.05, 0.1) is 0 Å². The quantitative estimate of drug-likeness (QED) is 0.373. The second-order valence-electron chi connectivity index (χ2n) is 1.21. The molecule has 0 saturated carbocycles. The molecular formula is C5H5ClIN. The molecule has 0 spiro atoms. The molecule has 1 rings (SSSR count). The molecule has 1 N–H and O–H groups in total. The molecule has 44 valence electrons. The molecule has 1 nitrogen and oxygen atoms in total. The molecule has 0 aromatic carbocycles. The normalized spacial score (nSPS) is 7.62. The minimum absolute atomic E-state index is 0. The van der Waals surface area contributed by atoms with E-state index in [0.717, 1.165) is 0 Å². The molecule has 0 aliphatic heterocycles. The lowest BCUT2D eigenvalue weighted by atomic mass is 10.5. The van der Waals surface area contributed by atoms with Gasteiger partial charge in [-0.1, -0.05) is 0 Å². The van der Waals surface area contributed by atoms with Crippen LogP contribution in [0.4, 0.5) is 0 Å². The predicted octanol–water partition coefficient (Wildman–Crippen LogP) is -1.89. The monoisotopic (exact) mass is 241 g/mol. The Balaban J connectivity index is 0.000000490. The SMILES string of the molecule is Ic1cccc[nH+]1.[Cl-]. The topological polar surface area (TPSA) is 14.1 Å². The van der Waals surface area contributed by atoms with Crippen LogP contribution in [-0.2, 0) is 0 Å². The standard InChI is InChI=1S/C5H4IN.ClH/c6-5-3-1-2-4-7-5;/h1-4H;1H. The van der Waals surface area contributed by atoms with Crippen LogP contribution in [0, 0.1) is 3.70 Å². The van der Waals surface area contributed by atoms with Crippen molar-refractivity contribution in [3.63, 3.8) is 0 Å². The van der Waals surface area contributed by atoms with Crippen LogP contribution >= 0.6 is 22.6 Å². The Kier molecular flexibility index (Phi) is 4.18. The van der Waals surface area contributed by atoms with Gasteiger partial charge >= 0.3 is 0 Å². The Morgan fingerprint density at radius 2 is 2.12 bits per heavy atom. The number of rotatable bonds is 0. The number of hydrogen-bond acceptors (Lipinski definition) is 0. The van der Waals surface area contributed by atoms with E-state index in [0.29, 0.717) is 0 Å². The molecule has 0 saturated heterocycles. The number of aromatic amines is 1. The Hall–Kier alpha value is 0.170. The van der Waals surface area contributed by atoms with Crippen molar-refractivity contribution in [2.75, 3.05) is 0 Å². The molecule has 0 fully saturated rings. The van der Waals surface area contributed by atoms with Crippen LogP contribution in [0.25, 0.3) is 0 Å². The summed E-state index contributed by atoms with van der Waals surface area (Å²) >= 11 is 2.22. The highest BCUT2D eigenvalue weighted by Crippen LogP contribution is 1.90. The van der Waals surface area contributed by atoms with Gasteiger partial charge in [0, 0.05) is 34.7 Å². The van der Waals surface area contributed by atoms with Crippen molar-refractivity contribution in [1.29, 1.82) is 0 Å². The summed E-state index contributed by atoms with van der Waals surface area (Å²) in [6.07, 6.45) is 1.90. The van der Waals surface area contributed by atoms with Crippen molar-refractivity contribution < 1.29 is 17.4 Å². The number of nitrogens with one attached hydrogen (secondary N) is 1. The Labute approximate surface area is 68.1 Å². The van der Waals surface area contributed by atoms with E-state index in [1.165, 1.54) is 3.70 Å². The number of aromatic nitrogens is 1. The molecule has 0 amide bonds. The molecule has 0 radical (unpaired) electrons. The fourth-order valence-electron chi connectivity index (χ4n) is 0.371. The number of hydrogen-bond donors (Lipinski definition) is 0. The first-order valence-electron chi connectivity index (χ1n) is 2.02. The Bertz CT molecular complexity index is 142. The van der Waals surface area contributed by atoms with Gasteiger partial charge in [-0.3, -0.25) is 0 Å². The second kappa shape index (κ2) is 4.09. The number of pyridine rings is 1. The molecular weight excluding hydrogens is 236 g/mol. The highest BCUT2D eigenvalue weighted by Gasteiger charge is 1.84. The van der Waals surface area contributed by atoms with E-state index in [-0.39, 0.29) is 12.4 Å². The molecule has 8 heavy (non-hydrogen) atoms. The van der Waals surface area contributed by atoms with Crippen LogP contribution in [0.3, 0.4) is 0 Å². The van der Waals surface area contributed by atoms with Crippen molar-refractivity contribution >= 4 is 22.6 Å². The zero-order valence-corrected chi connectivity index (χ0v) is 6.98. The molecule has 0 aliphatic carbocycles. The van der Waals surface area contributed by atoms with Crippen LogP contribution < -0.4 is 17.4 Å². The van der Waals surface area contributed by atoms with Crippen molar-refractivity contribution in [3.05, 3.63) is 28.1 Å². The van der Waals surface area contributed by atoms with E-state index in [1.54, 1.807) is 0 Å². The molecule has 1 aromatic rings. The zero-order chi connectivity index (χ0) is 5.11. The fourth-order valence-corrected chi connectivity index (χ4v) is 0.759. The number of H-pyrrole nitrogens is 1. The summed E-state index contributed by atoms with van der Waals surface area (Å²) in [4.78, 5) is 3.02. The third kappa shape index (κ3) is 2.47. The van der Waals surface area contributed by atoms with Crippen molar-refractivity contribution in [1.82, 2.24) is 0 Å². The van der Waals surface area contributed by atoms with E-state index in [2.05, 4.69) is 27.6 Å². The summed E-state index contributed by atoms with van der Waals surface area (Å²) in [6.45, 7) is 0. The summed E-state index contributed by atoms with van der Waals surface area (Å²) < 4.78 is 1.17. The molecule has 1 aromatic heterocycles. The van der Waals surface area contributed by atoms with Gasteiger partial charge in [-0.2, -0.15) is 0 Å². The molecule has 3 heteroatoms. The van der Waals surface area contributed by atoms with E-state index >= 15 is 0 Å². The lowest BCUT2D eigenvalue weighted by Crippen LogP contribution is -3.00. The van der Waals surface area contributed by atoms with Crippen LogP contribution in [0.2, 0.25) is 0 Å². The van der Waals surface area contributed by atoms with Crippen molar-refractivity contribution in [3.8, 4) is 0 Å². The van der Waals surface area contributed by atoms with E-state index < -0.39 is 0 Å². The van der Waals surface area contributed by atoms with Gasteiger partial charge in [0.2, 0.25) is 3.70 Å². The van der Waals surface area contributed by atoms with E-state index in [9.17, 15) is 0 Å². The van der Waals surface area contributed by atoms with Gasteiger partial charge in [-0.25, -0.2) is 4.98 Å². The first-order valence-corrected chi connectivity index (χ1v) is 3.10. The zero-order valence-electron chi connectivity index (χ0n) is 4.07. The first kappa shape index (κ1) is 8.17. The minimum atomic E-state index is 0. The molecule has 0 bridgehead atoms. The molecule has 0 aliphatic rings. The van der Waals surface area contributed by atoms with Crippen LogP contribution in [-0.4, -0.2) is 0 Å². The third-order valence-corrected chi connectivity index (χ3v) is 1.34. The average molecular weight is 241 g/mol. The summed E-state index contributed by atoms with van der Waals surface area (Å²) in [6, 6.07) is 5.97. The maximum atomic E-state index is 3.02. The minimum Gasteiger partial charge on any atom is -1.00 e. The smallest absolute Gasteiger partial charge is 0.239 e. The number of halogens is 2. The van der Waals surface area contributed by atoms with Gasteiger partial charge in [0.25, 0.3) is 0 Å². The summed E-state index contributed by atoms with van der Waals surface area (Å²) in [5.41, 5.74) is 0. The lowest BCUT2D eigenvalue weighted by Gasteiger charge is -1.72. The van der Waals surface area contributed by atoms with Gasteiger partial charge in [-0.05, 0) is 6.07 Å². The molecule has 1 heterocycles. The van der Waals surface area contributed by atoms with E-state index in [1.807, 2.05) is 24.4 Å². The van der Waals surface area contributed by atoms with Crippen LogP contribution in [0.5, 0.6) is 0 Å². The Morgan fingerprint density at radius 3 is 2.38 bits per heavy atom. The summed E-state index contributed by atoms with van der Waals surface area (Å²) in [5, 5.41) is 0. The molecule has 0 unspecified atom stereocenters. The van der Waals surface area contributed by atoms with Crippen molar-refractivity contribution in [2.45, 2.75) is 0 Å². The maximum Gasteiger partial charge on any atom is 0.239 e. The van der Waals surface area contributed by atoms with Gasteiger partial charge in [0.1, 0.15) is 0 Å². The van der Waals surface area contributed by atoms with Gasteiger partial charge < -0.3 is 12.4 Å². The van der Waals surface area contributed by atoms with Crippen LogP contribution in [0.1, 0.15) is 0 Å². The highest BCUT2D eigenvalue weighted by atomic mass is 127. The predicted molar refractivity (Wildman–Crippen MR) is 35.7 cm³/mol. The maximum absolute atomic E-state index is 3.02. The Morgan fingerprint density at radius 1 is 1.38 bits per heavy atom. The van der Waals surface area contributed by atoms with Crippen molar-refractivity contribution in [2.24, 2.45) is 0 Å². The lowest BCUT2D eigenvalue weighted by molar-refractivity contribution is -0.394. The third-order valence-electron chi connectivity index (χ3n) is 0.671. The first-order chi connectivity index (χ1) is 3.39. The average Bonchev–Trinajstić information content (AvgIpc) is 1.69. The summed E-state index contributed by atoms with van der Waals surface area (Å²) in [5.74, 6) is 0. The van der Waals surface area contributed by atoms with Gasteiger partial charge in [-0.15, -0.1) is 0 Å². The highest BCUT2D eigenvalue weighted by molar-refractivity contribution is 14.1. The van der Waals surface area contributed by atoms with Gasteiger partial charge in [0.15, 0.2) is 6.20 Å². The molecule has 0 atom stereocenters. The second-order valence-corrected chi connectivity index (χ2v) is 2.37. The summed E-state index contributed by atoms with van der Waals surface area (Å²) in [7, 11) is 0. The largest absolute Gasteiger partial charge is 1.00 e. The fraction of sp³-hybridized carbons (Fsp3) is 0. The van der Waals surface area contributed by atoms with E-state index in [4.69, 9.17) is 0 Å².